The third kappa shape index (κ3) is 3.18. The van der Waals surface area contributed by atoms with Gasteiger partial charge in [0.25, 0.3) is 0 Å². The summed E-state index contributed by atoms with van der Waals surface area (Å²) in [5.74, 6) is 0. The van der Waals surface area contributed by atoms with Gasteiger partial charge < -0.3 is 10.0 Å². The van der Waals surface area contributed by atoms with Gasteiger partial charge in [-0.3, -0.25) is 0 Å². The van der Waals surface area contributed by atoms with Crippen molar-refractivity contribution in [1.29, 1.82) is 0 Å². The van der Waals surface area contributed by atoms with Gasteiger partial charge in [-0.1, -0.05) is 11.3 Å². The summed E-state index contributed by atoms with van der Waals surface area (Å²) in [4.78, 5) is 6.17. The third-order valence-electron chi connectivity index (χ3n) is 2.21. The first-order valence-corrected chi connectivity index (χ1v) is 7.02. The molecule has 0 aromatic carbocycles. The van der Waals surface area contributed by atoms with Crippen molar-refractivity contribution in [3.8, 4) is 0 Å². The molecule has 0 aliphatic heterocycles. The topological polar surface area (TPSA) is 62.1 Å². The van der Waals surface area contributed by atoms with Gasteiger partial charge in [-0.25, -0.2) is 4.98 Å². The molecule has 0 bridgehead atoms. The number of hydrogen-bond acceptors (Lipinski definition) is 7. The highest BCUT2D eigenvalue weighted by Crippen LogP contribution is 2.32. The molecule has 0 amide bonds. The van der Waals surface area contributed by atoms with Crippen LogP contribution in [0.15, 0.2) is 27.7 Å². The molecule has 2 aromatic rings. The van der Waals surface area contributed by atoms with Crippen molar-refractivity contribution in [1.82, 2.24) is 15.2 Å². The molecular weight excluding hydrogens is 268 g/mol. The van der Waals surface area contributed by atoms with E-state index in [9.17, 15) is 5.11 Å². The molecule has 2 rings (SSSR count). The van der Waals surface area contributed by atoms with E-state index < -0.39 is 6.10 Å². The fraction of sp³-hybridized carbons (Fsp3) is 0.364. The quantitative estimate of drug-likeness (QED) is 0.927. The lowest BCUT2D eigenvalue weighted by Crippen LogP contribution is -2.07. The number of pyridine rings is 1. The van der Waals surface area contributed by atoms with Crippen LogP contribution in [-0.2, 0) is 0 Å². The smallest absolute Gasteiger partial charge is 0.208 e. The first kappa shape index (κ1) is 13.3. The van der Waals surface area contributed by atoms with Gasteiger partial charge in [0, 0.05) is 20.3 Å². The first-order valence-electron chi connectivity index (χ1n) is 5.39. The molecule has 0 fully saturated rings. The molecule has 1 N–H and O–H groups in total. The van der Waals surface area contributed by atoms with Crippen molar-refractivity contribution in [2.45, 2.75) is 22.4 Å². The lowest BCUT2D eigenvalue weighted by Gasteiger charge is -2.05. The fourth-order valence-corrected chi connectivity index (χ4v) is 2.97. The number of aliphatic hydroxyl groups is 1. The number of nitrogens with zero attached hydrogens (tertiary/aromatic N) is 4. The molecule has 0 radical (unpaired) electrons. The van der Waals surface area contributed by atoms with E-state index in [0.29, 0.717) is 0 Å². The van der Waals surface area contributed by atoms with E-state index in [1.807, 2.05) is 25.1 Å². The maximum absolute atomic E-state index is 9.52. The van der Waals surface area contributed by atoms with Crippen LogP contribution in [0.4, 0.5) is 5.13 Å². The van der Waals surface area contributed by atoms with Crippen LogP contribution in [0.3, 0.4) is 0 Å². The number of rotatable bonds is 4. The largest absolute Gasteiger partial charge is 0.389 e. The summed E-state index contributed by atoms with van der Waals surface area (Å²) >= 11 is 2.97. The normalized spacial score (nSPS) is 12.4. The molecule has 0 saturated heterocycles. The summed E-state index contributed by atoms with van der Waals surface area (Å²) in [5.41, 5.74) is 0.852. The van der Waals surface area contributed by atoms with E-state index in [-0.39, 0.29) is 0 Å². The van der Waals surface area contributed by atoms with Gasteiger partial charge in [-0.2, -0.15) is 0 Å². The lowest BCUT2D eigenvalue weighted by atomic mass is 10.2. The van der Waals surface area contributed by atoms with Crippen LogP contribution < -0.4 is 4.90 Å². The number of aliphatic hydroxyl groups excluding tert-OH is 1. The molecule has 96 valence electrons. The van der Waals surface area contributed by atoms with Crippen LogP contribution in [-0.4, -0.2) is 34.4 Å². The van der Waals surface area contributed by atoms with Crippen LogP contribution in [0, 0.1) is 0 Å². The van der Waals surface area contributed by atoms with Crippen LogP contribution in [0.1, 0.15) is 18.6 Å². The average molecular weight is 282 g/mol. The Hall–Kier alpha value is -1.18. The Labute approximate surface area is 114 Å². The van der Waals surface area contributed by atoms with Crippen LogP contribution in [0.2, 0.25) is 0 Å². The van der Waals surface area contributed by atoms with E-state index >= 15 is 0 Å². The second-order valence-corrected chi connectivity index (χ2v) is 6.17. The monoisotopic (exact) mass is 282 g/mol. The minimum absolute atomic E-state index is 0.487. The zero-order chi connectivity index (χ0) is 13.1. The van der Waals surface area contributed by atoms with Gasteiger partial charge in [0.15, 0.2) is 4.34 Å². The van der Waals surface area contributed by atoms with E-state index in [4.69, 9.17) is 0 Å². The Morgan fingerprint density at radius 3 is 2.78 bits per heavy atom. The molecule has 2 aromatic heterocycles. The summed E-state index contributed by atoms with van der Waals surface area (Å²) in [7, 11) is 3.86. The van der Waals surface area contributed by atoms with Gasteiger partial charge in [0.05, 0.1) is 6.10 Å². The maximum atomic E-state index is 9.52. The Bertz CT molecular complexity index is 527. The van der Waals surface area contributed by atoms with E-state index in [1.54, 1.807) is 19.2 Å². The molecule has 0 saturated carbocycles. The standard InChI is InChI=1S/C11H14N4OS2/c1-7(16)8-4-5-12-9(6-8)17-11-14-13-10(18-11)15(2)3/h4-7,16H,1-3H3/t7-/m0/s1. The van der Waals surface area contributed by atoms with Crippen LogP contribution in [0.5, 0.6) is 0 Å². The molecule has 5 nitrogen and oxygen atoms in total. The first-order chi connectivity index (χ1) is 8.56. The molecule has 7 heteroatoms. The molecule has 0 unspecified atom stereocenters. The van der Waals surface area contributed by atoms with Gasteiger partial charge in [-0.05, 0) is 36.4 Å². The van der Waals surface area contributed by atoms with Crippen molar-refractivity contribution in [2.24, 2.45) is 0 Å². The molecule has 2 heterocycles. The van der Waals surface area contributed by atoms with Crippen molar-refractivity contribution < 1.29 is 5.11 Å². The minimum atomic E-state index is -0.487. The lowest BCUT2D eigenvalue weighted by molar-refractivity contribution is 0.199. The molecule has 18 heavy (non-hydrogen) atoms. The Balaban J connectivity index is 2.15. The van der Waals surface area contributed by atoms with Crippen LogP contribution in [0.25, 0.3) is 0 Å². The number of anilines is 1. The highest BCUT2D eigenvalue weighted by atomic mass is 32.2. The molecule has 0 spiro atoms. The van der Waals surface area contributed by atoms with Crippen molar-refractivity contribution in [2.75, 3.05) is 19.0 Å². The highest BCUT2D eigenvalue weighted by Gasteiger charge is 2.09. The predicted octanol–water partition coefficient (Wildman–Crippen LogP) is 2.20. The summed E-state index contributed by atoms with van der Waals surface area (Å²) in [6.07, 6.45) is 1.21. The Kier molecular flexibility index (Phi) is 4.15. The molecular formula is C11H14N4OS2. The SMILES string of the molecule is C[C@H](O)c1ccnc(Sc2nnc(N(C)C)s2)c1. The van der Waals surface area contributed by atoms with Crippen LogP contribution >= 0.6 is 23.1 Å². The molecule has 1 atom stereocenters. The zero-order valence-electron chi connectivity index (χ0n) is 10.4. The third-order valence-corrected chi connectivity index (χ3v) is 4.29. The van der Waals surface area contributed by atoms with Gasteiger partial charge in [-0.15, -0.1) is 10.2 Å². The highest BCUT2D eigenvalue weighted by molar-refractivity contribution is 8.01. The summed E-state index contributed by atoms with van der Waals surface area (Å²) in [6.45, 7) is 1.73. The van der Waals surface area contributed by atoms with Crippen molar-refractivity contribution in [3.05, 3.63) is 23.9 Å². The number of hydrogen-bond donors (Lipinski definition) is 1. The number of aromatic nitrogens is 3. The van der Waals surface area contributed by atoms with Gasteiger partial charge in [0.2, 0.25) is 5.13 Å². The summed E-state index contributed by atoms with van der Waals surface area (Å²) < 4.78 is 0.842. The van der Waals surface area contributed by atoms with Gasteiger partial charge in [0.1, 0.15) is 5.03 Å². The Morgan fingerprint density at radius 1 is 1.39 bits per heavy atom. The van der Waals surface area contributed by atoms with E-state index in [1.165, 1.54) is 23.1 Å². The zero-order valence-corrected chi connectivity index (χ0v) is 12.0. The van der Waals surface area contributed by atoms with E-state index in [0.717, 1.165) is 20.1 Å². The minimum Gasteiger partial charge on any atom is -0.389 e. The summed E-state index contributed by atoms with van der Waals surface area (Å²) in [5, 5.41) is 19.4. The predicted molar refractivity (Wildman–Crippen MR) is 73.2 cm³/mol. The summed E-state index contributed by atoms with van der Waals surface area (Å²) in [6, 6.07) is 3.67. The van der Waals surface area contributed by atoms with Crippen molar-refractivity contribution in [3.63, 3.8) is 0 Å². The average Bonchev–Trinajstić information content (AvgIpc) is 2.78. The Morgan fingerprint density at radius 2 is 2.17 bits per heavy atom. The van der Waals surface area contributed by atoms with Gasteiger partial charge >= 0.3 is 0 Å². The molecule has 0 aliphatic carbocycles. The second-order valence-electron chi connectivity index (χ2n) is 3.95. The van der Waals surface area contributed by atoms with E-state index in [2.05, 4.69) is 15.2 Å². The maximum Gasteiger partial charge on any atom is 0.208 e. The molecule has 0 aliphatic rings. The fourth-order valence-electron chi connectivity index (χ4n) is 1.25. The second kappa shape index (κ2) is 5.64. The van der Waals surface area contributed by atoms with Crippen molar-refractivity contribution >= 4 is 28.2 Å².